The lowest BCUT2D eigenvalue weighted by molar-refractivity contribution is -0.131. The molecule has 0 aliphatic rings. The molecule has 0 aromatic carbocycles. The van der Waals surface area contributed by atoms with Crippen LogP contribution in [0.1, 0.15) is 58.3 Å². The largest absolute Gasteiger partial charge is 0.478 e. The molecule has 0 unspecified atom stereocenters. The van der Waals surface area contributed by atoms with Gasteiger partial charge in [0.2, 0.25) is 11.8 Å². The summed E-state index contributed by atoms with van der Waals surface area (Å²) in [5, 5.41) is 14.0. The van der Waals surface area contributed by atoms with Gasteiger partial charge in [0.25, 0.3) is 0 Å². The number of hydrogen-bond donors (Lipinski definition) is 3. The quantitative estimate of drug-likeness (QED) is 0.121. The smallest absolute Gasteiger partial charge is 0.328 e. The number of nitrogens with zero attached hydrogens (tertiary/aromatic N) is 1. The highest BCUT2D eigenvalue weighted by Gasteiger charge is 2.03. The van der Waals surface area contributed by atoms with Crippen molar-refractivity contribution in [3.8, 4) is 0 Å². The molecule has 0 spiro atoms. The number of carbonyl (C=O) groups excluding carboxylic acids is 2. The molecule has 0 rings (SSSR count). The summed E-state index contributed by atoms with van der Waals surface area (Å²) in [7, 11) is 1.90. The highest BCUT2D eigenvalue weighted by molar-refractivity contribution is 5.93. The summed E-state index contributed by atoms with van der Waals surface area (Å²) in [5.74, 6) is -1.55. The Labute approximate surface area is 217 Å². The predicted octanol–water partition coefficient (Wildman–Crippen LogP) is 4.71. The second kappa shape index (κ2) is 24.9. The van der Waals surface area contributed by atoms with Crippen LogP contribution in [-0.2, 0) is 14.4 Å². The van der Waals surface area contributed by atoms with Crippen molar-refractivity contribution in [2.24, 2.45) is 0 Å². The fourth-order valence-electron chi connectivity index (χ4n) is 2.91. The molecule has 0 radical (unpaired) electrons. The summed E-state index contributed by atoms with van der Waals surface area (Å²) < 4.78 is 0. The third kappa shape index (κ3) is 25.4. The minimum atomic E-state index is -1.16. The number of carboxylic acids is 1. The van der Waals surface area contributed by atoms with E-state index in [1.807, 2.05) is 11.9 Å². The molecule has 0 saturated carbocycles. The van der Waals surface area contributed by atoms with E-state index in [1.165, 1.54) is 0 Å². The van der Waals surface area contributed by atoms with Gasteiger partial charge >= 0.3 is 5.97 Å². The van der Waals surface area contributed by atoms with Crippen molar-refractivity contribution in [3.05, 3.63) is 72.9 Å². The van der Waals surface area contributed by atoms with Gasteiger partial charge in [-0.15, -0.1) is 0 Å². The molecule has 0 saturated heterocycles. The van der Waals surface area contributed by atoms with Crippen LogP contribution in [0.15, 0.2) is 72.9 Å². The lowest BCUT2D eigenvalue weighted by atomic mass is 10.2. The SMILES string of the molecule is CC/C=C\C/C=C\C/C=C\C/C=C\C/C=C\CCCC(=O)NCCN(C)CCNC(=O)/C=C/C(=O)O. The van der Waals surface area contributed by atoms with Gasteiger partial charge in [-0.2, -0.15) is 0 Å². The molecule has 7 nitrogen and oxygen atoms in total. The maximum atomic E-state index is 11.9. The summed E-state index contributed by atoms with van der Waals surface area (Å²) in [4.78, 5) is 35.6. The molecule has 7 heteroatoms. The Morgan fingerprint density at radius 1 is 0.722 bits per heavy atom. The fourth-order valence-corrected chi connectivity index (χ4v) is 2.91. The highest BCUT2D eigenvalue weighted by atomic mass is 16.4. The van der Waals surface area contributed by atoms with E-state index in [2.05, 4.69) is 78.3 Å². The summed E-state index contributed by atoms with van der Waals surface area (Å²) in [6.45, 7) is 4.36. The van der Waals surface area contributed by atoms with Crippen molar-refractivity contribution >= 4 is 17.8 Å². The van der Waals surface area contributed by atoms with Crippen LogP contribution in [0.4, 0.5) is 0 Å². The third-order valence-electron chi connectivity index (χ3n) is 4.92. The minimum absolute atomic E-state index is 0.0443. The number of likely N-dealkylation sites (N-methyl/N-ethyl adjacent to an activating group) is 1. The van der Waals surface area contributed by atoms with E-state index in [0.717, 1.165) is 57.1 Å². The van der Waals surface area contributed by atoms with E-state index in [9.17, 15) is 14.4 Å². The van der Waals surface area contributed by atoms with Crippen molar-refractivity contribution in [3.63, 3.8) is 0 Å². The molecular weight excluding hydrogens is 454 g/mol. The Balaban J connectivity index is 3.65. The molecule has 0 fully saturated rings. The van der Waals surface area contributed by atoms with Crippen molar-refractivity contribution in [1.29, 1.82) is 0 Å². The van der Waals surface area contributed by atoms with Crippen LogP contribution in [0.3, 0.4) is 0 Å². The average molecular weight is 500 g/mol. The normalized spacial score (nSPS) is 12.4. The zero-order valence-corrected chi connectivity index (χ0v) is 22.0. The molecular formula is C29H45N3O4. The van der Waals surface area contributed by atoms with Crippen molar-refractivity contribution in [2.45, 2.75) is 58.3 Å². The van der Waals surface area contributed by atoms with Gasteiger partial charge in [-0.25, -0.2) is 4.79 Å². The topological polar surface area (TPSA) is 98.7 Å². The Morgan fingerprint density at radius 3 is 1.75 bits per heavy atom. The van der Waals surface area contributed by atoms with Crippen LogP contribution in [0.25, 0.3) is 0 Å². The number of rotatable bonds is 21. The van der Waals surface area contributed by atoms with E-state index < -0.39 is 11.9 Å². The Bertz CT molecular complexity index is 779. The number of nitrogens with one attached hydrogen (secondary N) is 2. The number of carboxylic acid groups (broad SMARTS) is 1. The number of carbonyl (C=O) groups is 3. The first-order valence-corrected chi connectivity index (χ1v) is 12.8. The standard InChI is InChI=1S/C29H45N3O4/c1-3-4-5-6-7-8-9-10-11-12-13-14-15-16-17-18-19-20-27(33)30-23-25-32(2)26-24-31-28(34)21-22-29(35)36/h4-5,7-8,10-11,13-14,16-17,21-22H,3,6,9,12,15,18-20,23-26H2,1-2H3,(H,30,33)(H,31,34)(H,35,36)/b5-4-,8-7-,11-10-,14-13-,17-16-,22-21+. The number of unbranched alkanes of at least 4 members (excludes halogenated alkanes) is 1. The van der Waals surface area contributed by atoms with Crippen molar-refractivity contribution in [1.82, 2.24) is 15.5 Å². The van der Waals surface area contributed by atoms with Crippen LogP contribution < -0.4 is 10.6 Å². The van der Waals surface area contributed by atoms with Gasteiger partial charge in [0, 0.05) is 44.8 Å². The lowest BCUT2D eigenvalue weighted by Gasteiger charge is -2.16. The van der Waals surface area contributed by atoms with Gasteiger partial charge < -0.3 is 20.6 Å². The predicted molar refractivity (Wildman–Crippen MR) is 149 cm³/mol. The first kappa shape index (κ1) is 32.8. The van der Waals surface area contributed by atoms with Crippen LogP contribution in [-0.4, -0.2) is 61.0 Å². The molecule has 36 heavy (non-hydrogen) atoms. The molecule has 0 aromatic rings. The summed E-state index contributed by atoms with van der Waals surface area (Å²) in [6, 6.07) is 0. The minimum Gasteiger partial charge on any atom is -0.478 e. The van der Waals surface area contributed by atoms with E-state index in [-0.39, 0.29) is 5.91 Å². The highest BCUT2D eigenvalue weighted by Crippen LogP contribution is 1.99. The number of aliphatic carboxylic acids is 1. The number of amides is 2. The van der Waals surface area contributed by atoms with E-state index in [1.54, 1.807) is 0 Å². The maximum Gasteiger partial charge on any atom is 0.328 e. The fraction of sp³-hybridized carbons (Fsp3) is 0.483. The van der Waals surface area contributed by atoms with Gasteiger partial charge in [-0.05, 0) is 52.0 Å². The zero-order chi connectivity index (χ0) is 26.7. The first-order chi connectivity index (χ1) is 17.5. The van der Waals surface area contributed by atoms with E-state index >= 15 is 0 Å². The van der Waals surface area contributed by atoms with Gasteiger partial charge in [-0.1, -0.05) is 67.7 Å². The van der Waals surface area contributed by atoms with Crippen LogP contribution in [0, 0.1) is 0 Å². The van der Waals surface area contributed by atoms with Crippen molar-refractivity contribution < 1.29 is 19.5 Å². The maximum absolute atomic E-state index is 11.9. The van der Waals surface area contributed by atoms with Crippen LogP contribution >= 0.6 is 0 Å². The molecule has 0 aliphatic carbocycles. The average Bonchev–Trinajstić information content (AvgIpc) is 2.84. The monoisotopic (exact) mass is 499 g/mol. The number of hydrogen-bond acceptors (Lipinski definition) is 4. The molecule has 0 heterocycles. The lowest BCUT2D eigenvalue weighted by Crippen LogP contribution is -2.37. The second-order valence-corrected chi connectivity index (χ2v) is 8.22. The zero-order valence-electron chi connectivity index (χ0n) is 22.0. The molecule has 3 N–H and O–H groups in total. The van der Waals surface area contributed by atoms with Gasteiger partial charge in [0.15, 0.2) is 0 Å². The first-order valence-electron chi connectivity index (χ1n) is 12.8. The van der Waals surface area contributed by atoms with Crippen molar-refractivity contribution in [2.75, 3.05) is 33.2 Å². The third-order valence-corrected chi connectivity index (χ3v) is 4.92. The molecule has 2 amide bonds. The second-order valence-electron chi connectivity index (χ2n) is 8.22. The van der Waals surface area contributed by atoms with Gasteiger partial charge in [0.05, 0.1) is 0 Å². The molecule has 0 aliphatic heterocycles. The van der Waals surface area contributed by atoms with Gasteiger partial charge in [-0.3, -0.25) is 9.59 Å². The molecule has 0 atom stereocenters. The Kier molecular flexibility index (Phi) is 22.7. The van der Waals surface area contributed by atoms with E-state index in [4.69, 9.17) is 5.11 Å². The molecule has 0 aromatic heterocycles. The molecule has 200 valence electrons. The van der Waals surface area contributed by atoms with E-state index in [0.29, 0.717) is 32.6 Å². The van der Waals surface area contributed by atoms with Gasteiger partial charge in [0.1, 0.15) is 0 Å². The van der Waals surface area contributed by atoms with Crippen LogP contribution in [0.2, 0.25) is 0 Å². The Morgan fingerprint density at radius 2 is 1.22 bits per heavy atom. The molecule has 0 bridgehead atoms. The number of allylic oxidation sites excluding steroid dienone is 10. The Hall–Kier alpha value is -3.19. The summed E-state index contributed by atoms with van der Waals surface area (Å²) in [6.07, 6.45) is 30.7. The summed E-state index contributed by atoms with van der Waals surface area (Å²) in [5.41, 5.74) is 0. The van der Waals surface area contributed by atoms with Crippen LogP contribution in [0.5, 0.6) is 0 Å². The summed E-state index contributed by atoms with van der Waals surface area (Å²) >= 11 is 0.